The molecule has 0 aromatic heterocycles. The van der Waals surface area contributed by atoms with Crippen molar-refractivity contribution in [1.82, 2.24) is 5.32 Å². The molecular weight excluding hydrogens is 242 g/mol. The quantitative estimate of drug-likeness (QED) is 0.737. The first-order valence-corrected chi connectivity index (χ1v) is 7.59. The van der Waals surface area contributed by atoms with Gasteiger partial charge in [0.2, 0.25) is 0 Å². The molecule has 0 saturated heterocycles. The van der Waals surface area contributed by atoms with Crippen LogP contribution in [0.4, 0.5) is 0 Å². The van der Waals surface area contributed by atoms with E-state index in [0.29, 0.717) is 12.0 Å². The monoisotopic (exact) mass is 267 g/mol. The molecule has 0 amide bonds. The minimum absolute atomic E-state index is 0.633. The van der Waals surface area contributed by atoms with E-state index in [-0.39, 0.29) is 0 Å². The van der Waals surface area contributed by atoms with Crippen molar-refractivity contribution in [3.8, 4) is 0 Å². The smallest absolute Gasteiger partial charge is 0.0136 e. The fraction of sp³-hybridized carbons (Fsp3) is 0.368. The number of benzene rings is 1. The Kier molecular flexibility index (Phi) is 5.37. The van der Waals surface area contributed by atoms with E-state index in [4.69, 9.17) is 0 Å². The summed E-state index contributed by atoms with van der Waals surface area (Å²) in [4.78, 5) is 0. The highest BCUT2D eigenvalue weighted by Crippen LogP contribution is 2.40. The zero-order chi connectivity index (χ0) is 14.4. The van der Waals surface area contributed by atoms with Gasteiger partial charge in [0, 0.05) is 6.04 Å². The van der Waals surface area contributed by atoms with Crippen molar-refractivity contribution >= 4 is 5.57 Å². The van der Waals surface area contributed by atoms with Gasteiger partial charge in [-0.2, -0.15) is 0 Å². The number of likely N-dealkylation sites (N-methyl/N-ethyl adjacent to an activating group) is 1. The summed E-state index contributed by atoms with van der Waals surface area (Å²) >= 11 is 0. The molecule has 1 nitrogen and oxygen atoms in total. The second kappa shape index (κ2) is 7.25. The van der Waals surface area contributed by atoms with Crippen LogP contribution in [-0.4, -0.2) is 12.6 Å². The fourth-order valence-electron chi connectivity index (χ4n) is 2.93. The van der Waals surface area contributed by atoms with E-state index in [1.54, 1.807) is 0 Å². The summed E-state index contributed by atoms with van der Waals surface area (Å²) in [7, 11) is 0. The van der Waals surface area contributed by atoms with Crippen LogP contribution >= 0.6 is 0 Å². The Morgan fingerprint density at radius 3 is 2.75 bits per heavy atom. The number of rotatable bonds is 6. The molecule has 1 saturated carbocycles. The first-order valence-electron chi connectivity index (χ1n) is 7.59. The summed E-state index contributed by atoms with van der Waals surface area (Å²) in [5.74, 6) is 0.639. The van der Waals surface area contributed by atoms with E-state index >= 15 is 0 Å². The average Bonchev–Trinajstić information content (AvgIpc) is 2.46. The van der Waals surface area contributed by atoms with Gasteiger partial charge in [0.1, 0.15) is 0 Å². The van der Waals surface area contributed by atoms with Crippen molar-refractivity contribution in [1.29, 1.82) is 0 Å². The van der Waals surface area contributed by atoms with Gasteiger partial charge < -0.3 is 5.32 Å². The molecule has 1 heteroatoms. The Labute approximate surface area is 123 Å². The molecule has 1 N–H and O–H groups in total. The molecule has 2 atom stereocenters. The molecular formula is C19H25N. The summed E-state index contributed by atoms with van der Waals surface area (Å²) in [5, 5.41) is 3.60. The normalized spacial score (nSPS) is 22.8. The third-order valence-corrected chi connectivity index (χ3v) is 4.10. The molecule has 106 valence electrons. The van der Waals surface area contributed by atoms with Crippen LogP contribution in [0.2, 0.25) is 0 Å². The van der Waals surface area contributed by atoms with Crippen molar-refractivity contribution in [2.75, 3.05) is 6.54 Å². The lowest BCUT2D eigenvalue weighted by molar-refractivity contribution is 0.289. The number of nitrogens with one attached hydrogen (secondary N) is 1. The minimum atomic E-state index is 0.633. The Bertz CT molecular complexity index is 510. The van der Waals surface area contributed by atoms with Gasteiger partial charge in [-0.25, -0.2) is 0 Å². The minimum Gasteiger partial charge on any atom is -0.314 e. The van der Waals surface area contributed by atoms with Gasteiger partial charge in [-0.15, -0.1) is 0 Å². The molecule has 2 unspecified atom stereocenters. The van der Waals surface area contributed by atoms with Crippen LogP contribution in [0.5, 0.6) is 0 Å². The average molecular weight is 267 g/mol. The summed E-state index contributed by atoms with van der Waals surface area (Å²) in [6.07, 6.45) is 10.8. The van der Waals surface area contributed by atoms with Crippen LogP contribution in [0.15, 0.2) is 55.1 Å². The van der Waals surface area contributed by atoms with Crippen molar-refractivity contribution in [2.24, 2.45) is 0 Å². The van der Waals surface area contributed by atoms with Crippen LogP contribution in [0.3, 0.4) is 0 Å². The van der Waals surface area contributed by atoms with Crippen molar-refractivity contribution < 1.29 is 0 Å². The van der Waals surface area contributed by atoms with Crippen LogP contribution in [0.1, 0.15) is 43.7 Å². The molecule has 20 heavy (non-hydrogen) atoms. The maximum Gasteiger partial charge on any atom is 0.0136 e. The Balaban J connectivity index is 2.33. The SMILES string of the molecule is C=CC(=CC=CC)c1ccccc1C1CCC1NCC. The number of hydrogen-bond donors (Lipinski definition) is 1. The largest absolute Gasteiger partial charge is 0.314 e. The van der Waals surface area contributed by atoms with Crippen LogP contribution < -0.4 is 5.32 Å². The van der Waals surface area contributed by atoms with Crippen molar-refractivity contribution in [2.45, 2.75) is 38.6 Å². The molecule has 0 heterocycles. The van der Waals surface area contributed by atoms with Gasteiger partial charge in [-0.1, -0.05) is 62.1 Å². The van der Waals surface area contributed by atoms with Gasteiger partial charge in [-0.3, -0.25) is 0 Å². The zero-order valence-corrected chi connectivity index (χ0v) is 12.6. The molecule has 1 aromatic carbocycles. The Hall–Kier alpha value is -1.60. The molecule has 0 radical (unpaired) electrons. The van der Waals surface area contributed by atoms with Gasteiger partial charge in [0.25, 0.3) is 0 Å². The third kappa shape index (κ3) is 3.10. The molecule has 2 rings (SSSR count). The van der Waals surface area contributed by atoms with E-state index < -0.39 is 0 Å². The lowest BCUT2D eigenvalue weighted by atomic mass is 9.73. The molecule has 1 aliphatic rings. The molecule has 1 aliphatic carbocycles. The summed E-state index contributed by atoms with van der Waals surface area (Å²) in [5.41, 5.74) is 3.99. The first-order chi connectivity index (χ1) is 9.81. The standard InChI is InChI=1S/C19H25N/c1-4-7-10-15(5-2)16-11-8-9-12-17(16)18-13-14-19(18)20-6-3/h4-5,7-12,18-20H,2,6,13-14H2,1,3H3. The van der Waals surface area contributed by atoms with Gasteiger partial charge >= 0.3 is 0 Å². The predicted molar refractivity (Wildman–Crippen MR) is 88.9 cm³/mol. The highest BCUT2D eigenvalue weighted by Gasteiger charge is 2.32. The van der Waals surface area contributed by atoms with Crippen molar-refractivity contribution in [3.63, 3.8) is 0 Å². The van der Waals surface area contributed by atoms with E-state index in [2.05, 4.69) is 61.3 Å². The van der Waals surface area contributed by atoms with E-state index in [1.807, 2.05) is 13.0 Å². The van der Waals surface area contributed by atoms with E-state index in [9.17, 15) is 0 Å². The fourth-order valence-corrected chi connectivity index (χ4v) is 2.93. The molecule has 0 spiro atoms. The topological polar surface area (TPSA) is 12.0 Å². The molecule has 1 aromatic rings. The van der Waals surface area contributed by atoms with Gasteiger partial charge in [0.15, 0.2) is 0 Å². The second-order valence-electron chi connectivity index (χ2n) is 5.29. The summed E-state index contributed by atoms with van der Waals surface area (Å²) < 4.78 is 0. The second-order valence-corrected chi connectivity index (χ2v) is 5.29. The molecule has 0 bridgehead atoms. The summed E-state index contributed by atoms with van der Waals surface area (Å²) in [6.45, 7) is 9.24. The lowest BCUT2D eigenvalue weighted by Gasteiger charge is -2.38. The zero-order valence-electron chi connectivity index (χ0n) is 12.6. The Morgan fingerprint density at radius 1 is 1.35 bits per heavy atom. The van der Waals surface area contributed by atoms with Crippen LogP contribution in [-0.2, 0) is 0 Å². The van der Waals surface area contributed by atoms with E-state index in [1.165, 1.54) is 29.5 Å². The van der Waals surface area contributed by atoms with Gasteiger partial charge in [0.05, 0.1) is 0 Å². The maximum absolute atomic E-state index is 3.97. The number of hydrogen-bond acceptors (Lipinski definition) is 1. The first kappa shape index (κ1) is 14.8. The van der Waals surface area contributed by atoms with Crippen molar-refractivity contribution in [3.05, 3.63) is 66.3 Å². The highest BCUT2D eigenvalue weighted by molar-refractivity contribution is 5.77. The number of allylic oxidation sites excluding steroid dienone is 5. The lowest BCUT2D eigenvalue weighted by Crippen LogP contribution is -2.42. The van der Waals surface area contributed by atoms with Gasteiger partial charge in [-0.05, 0) is 48.9 Å². The molecule has 0 aliphatic heterocycles. The summed E-state index contributed by atoms with van der Waals surface area (Å²) in [6, 6.07) is 9.39. The van der Waals surface area contributed by atoms with Crippen LogP contribution in [0.25, 0.3) is 5.57 Å². The van der Waals surface area contributed by atoms with E-state index in [0.717, 1.165) is 6.54 Å². The molecule has 1 fully saturated rings. The Morgan fingerprint density at radius 2 is 2.15 bits per heavy atom. The highest BCUT2D eigenvalue weighted by atomic mass is 14.9. The maximum atomic E-state index is 3.97. The third-order valence-electron chi connectivity index (χ3n) is 4.10. The predicted octanol–water partition coefficient (Wildman–Crippen LogP) is 4.69. The van der Waals surface area contributed by atoms with Crippen LogP contribution in [0, 0.1) is 0 Å².